The number of methoxy groups -OCH3 is 1. The van der Waals surface area contributed by atoms with Crippen molar-refractivity contribution in [2.75, 3.05) is 18.6 Å². The summed E-state index contributed by atoms with van der Waals surface area (Å²) in [5.41, 5.74) is 1.69. The van der Waals surface area contributed by atoms with Crippen molar-refractivity contribution >= 4 is 23.4 Å². The van der Waals surface area contributed by atoms with Crippen LogP contribution in [-0.2, 0) is 4.79 Å². The van der Waals surface area contributed by atoms with Gasteiger partial charge in [-0.05, 0) is 60.7 Å². The first-order valence-corrected chi connectivity index (χ1v) is 9.48. The molecule has 8 heteroatoms. The highest BCUT2D eigenvalue weighted by atomic mass is 32.2. The zero-order chi connectivity index (χ0) is 19.2. The lowest BCUT2D eigenvalue weighted by molar-refractivity contribution is -0.117. The Morgan fingerprint density at radius 2 is 1.89 bits per heavy atom. The van der Waals surface area contributed by atoms with Crippen molar-refractivity contribution in [2.24, 2.45) is 0 Å². The minimum Gasteiger partial charge on any atom is -0.497 e. The largest absolute Gasteiger partial charge is 0.497 e. The third kappa shape index (κ3) is 4.28. The number of aromatic nitrogens is 4. The molecule has 0 saturated carbocycles. The molecule has 3 rings (SSSR count). The standard InChI is InChI=1S/C19H21N5O2S/c1-4-23(15-8-6-5-7-9-15)18(25)14(2)27-19-20-21-22-24(19)16-10-12-17(26-3)13-11-16/h5-14H,4H2,1-3H3. The van der Waals surface area contributed by atoms with Crippen molar-refractivity contribution in [1.29, 1.82) is 0 Å². The van der Waals surface area contributed by atoms with E-state index in [0.717, 1.165) is 17.1 Å². The normalized spacial score (nSPS) is 11.8. The van der Waals surface area contributed by atoms with Gasteiger partial charge < -0.3 is 9.64 Å². The second-order valence-corrected chi connectivity index (χ2v) is 7.06. The number of tetrazole rings is 1. The van der Waals surface area contributed by atoms with E-state index in [1.165, 1.54) is 11.8 Å². The van der Waals surface area contributed by atoms with Crippen LogP contribution in [0.15, 0.2) is 59.8 Å². The monoisotopic (exact) mass is 383 g/mol. The Bertz CT molecular complexity index is 883. The first-order chi connectivity index (χ1) is 13.1. The maximum atomic E-state index is 12.9. The van der Waals surface area contributed by atoms with Crippen LogP contribution in [-0.4, -0.2) is 45.0 Å². The maximum Gasteiger partial charge on any atom is 0.240 e. The molecule has 0 aliphatic heterocycles. The number of benzene rings is 2. The van der Waals surface area contributed by atoms with Gasteiger partial charge in [-0.3, -0.25) is 4.79 Å². The number of hydrogen-bond acceptors (Lipinski definition) is 6. The number of rotatable bonds is 7. The SMILES string of the molecule is CCN(C(=O)C(C)Sc1nnnn1-c1ccc(OC)cc1)c1ccccc1. The minimum absolute atomic E-state index is 0.0120. The van der Waals surface area contributed by atoms with Crippen LogP contribution in [0.3, 0.4) is 0 Å². The second-order valence-electron chi connectivity index (χ2n) is 5.75. The van der Waals surface area contributed by atoms with Crippen molar-refractivity contribution in [1.82, 2.24) is 20.2 Å². The third-order valence-corrected chi connectivity index (χ3v) is 5.06. The summed E-state index contributed by atoms with van der Waals surface area (Å²) in [6.45, 7) is 4.42. The predicted molar refractivity (Wildman–Crippen MR) is 105 cm³/mol. The molecular weight excluding hydrogens is 362 g/mol. The van der Waals surface area contributed by atoms with Crippen LogP contribution in [0.2, 0.25) is 0 Å². The molecule has 0 aliphatic carbocycles. The molecule has 0 aliphatic rings. The molecule has 1 unspecified atom stereocenters. The van der Waals surface area contributed by atoms with Crippen molar-refractivity contribution < 1.29 is 9.53 Å². The molecule has 27 heavy (non-hydrogen) atoms. The summed E-state index contributed by atoms with van der Waals surface area (Å²) in [5, 5.41) is 12.1. The first-order valence-electron chi connectivity index (χ1n) is 8.60. The smallest absolute Gasteiger partial charge is 0.240 e. The van der Waals surface area contributed by atoms with E-state index in [0.29, 0.717) is 11.7 Å². The highest BCUT2D eigenvalue weighted by Gasteiger charge is 2.24. The number of carbonyl (C=O) groups excluding carboxylic acids is 1. The average molecular weight is 383 g/mol. The molecule has 1 atom stereocenters. The Labute approximate surface area is 162 Å². The van der Waals surface area contributed by atoms with Gasteiger partial charge in [0.25, 0.3) is 0 Å². The number of amides is 1. The summed E-state index contributed by atoms with van der Waals surface area (Å²) in [5.74, 6) is 0.768. The van der Waals surface area contributed by atoms with Crippen LogP contribution in [0, 0.1) is 0 Å². The first kappa shape index (κ1) is 18.9. The van der Waals surface area contributed by atoms with E-state index in [-0.39, 0.29) is 11.2 Å². The minimum atomic E-state index is -0.340. The molecule has 140 valence electrons. The molecule has 3 aromatic rings. The lowest BCUT2D eigenvalue weighted by atomic mass is 10.2. The van der Waals surface area contributed by atoms with Gasteiger partial charge in [0.05, 0.1) is 18.0 Å². The van der Waals surface area contributed by atoms with Gasteiger partial charge in [0, 0.05) is 12.2 Å². The molecule has 2 aromatic carbocycles. The summed E-state index contributed by atoms with van der Waals surface area (Å²) in [6, 6.07) is 17.1. The van der Waals surface area contributed by atoms with Gasteiger partial charge in [0.15, 0.2) is 0 Å². The van der Waals surface area contributed by atoms with Gasteiger partial charge in [-0.15, -0.1) is 5.10 Å². The molecule has 0 bridgehead atoms. The van der Waals surface area contributed by atoms with E-state index in [4.69, 9.17) is 4.74 Å². The van der Waals surface area contributed by atoms with E-state index in [2.05, 4.69) is 15.5 Å². The Morgan fingerprint density at radius 3 is 2.52 bits per heavy atom. The molecule has 0 spiro atoms. The number of para-hydroxylation sites is 1. The van der Waals surface area contributed by atoms with Crippen LogP contribution < -0.4 is 9.64 Å². The Hall–Kier alpha value is -2.87. The summed E-state index contributed by atoms with van der Waals surface area (Å²) < 4.78 is 6.79. The van der Waals surface area contributed by atoms with Gasteiger partial charge in [-0.25, -0.2) is 0 Å². The van der Waals surface area contributed by atoms with Crippen LogP contribution in [0.25, 0.3) is 5.69 Å². The van der Waals surface area contributed by atoms with E-state index in [9.17, 15) is 4.79 Å². The Kier molecular flexibility index (Phi) is 6.08. The lowest BCUT2D eigenvalue weighted by Gasteiger charge is -2.24. The number of ether oxygens (including phenoxy) is 1. The maximum absolute atomic E-state index is 12.9. The Morgan fingerprint density at radius 1 is 1.19 bits per heavy atom. The molecular formula is C19H21N5O2S. The fraction of sp³-hybridized carbons (Fsp3) is 0.263. The third-order valence-electron chi connectivity index (χ3n) is 4.04. The molecule has 1 heterocycles. The van der Waals surface area contributed by atoms with E-state index in [1.54, 1.807) is 16.7 Å². The van der Waals surface area contributed by atoms with Gasteiger partial charge in [-0.1, -0.05) is 30.0 Å². The zero-order valence-corrected chi connectivity index (χ0v) is 16.3. The van der Waals surface area contributed by atoms with Crippen molar-refractivity contribution in [3.8, 4) is 11.4 Å². The fourth-order valence-electron chi connectivity index (χ4n) is 2.64. The molecule has 0 saturated heterocycles. The average Bonchev–Trinajstić information content (AvgIpc) is 3.17. The van der Waals surface area contributed by atoms with Crippen molar-refractivity contribution in [3.63, 3.8) is 0 Å². The van der Waals surface area contributed by atoms with E-state index >= 15 is 0 Å². The summed E-state index contributed by atoms with van der Waals surface area (Å²) in [6.07, 6.45) is 0. The molecule has 0 fully saturated rings. The second kappa shape index (κ2) is 8.68. The van der Waals surface area contributed by atoms with Crippen molar-refractivity contribution in [2.45, 2.75) is 24.3 Å². The predicted octanol–water partition coefficient (Wildman–Crippen LogP) is 3.20. The highest BCUT2D eigenvalue weighted by Crippen LogP contribution is 2.26. The van der Waals surface area contributed by atoms with E-state index in [1.807, 2.05) is 68.4 Å². The van der Waals surface area contributed by atoms with Crippen LogP contribution >= 0.6 is 11.8 Å². The van der Waals surface area contributed by atoms with Gasteiger partial charge >= 0.3 is 0 Å². The van der Waals surface area contributed by atoms with Gasteiger partial charge in [0.1, 0.15) is 5.75 Å². The summed E-state index contributed by atoms with van der Waals surface area (Å²) in [4.78, 5) is 14.7. The molecule has 0 radical (unpaired) electrons. The molecule has 1 aromatic heterocycles. The number of carbonyl (C=O) groups is 1. The van der Waals surface area contributed by atoms with Crippen molar-refractivity contribution in [3.05, 3.63) is 54.6 Å². The zero-order valence-electron chi connectivity index (χ0n) is 15.4. The van der Waals surface area contributed by atoms with E-state index < -0.39 is 0 Å². The topological polar surface area (TPSA) is 73.1 Å². The van der Waals surface area contributed by atoms with Crippen LogP contribution in [0.5, 0.6) is 5.75 Å². The number of thioether (sulfide) groups is 1. The van der Waals surface area contributed by atoms with Gasteiger partial charge in [0.2, 0.25) is 11.1 Å². The number of anilines is 1. The number of hydrogen-bond donors (Lipinski definition) is 0. The molecule has 7 nitrogen and oxygen atoms in total. The summed E-state index contributed by atoms with van der Waals surface area (Å²) >= 11 is 1.33. The van der Waals surface area contributed by atoms with Crippen LogP contribution in [0.4, 0.5) is 5.69 Å². The summed E-state index contributed by atoms with van der Waals surface area (Å²) in [7, 11) is 1.62. The molecule has 0 N–H and O–H groups in total. The van der Waals surface area contributed by atoms with Crippen LogP contribution in [0.1, 0.15) is 13.8 Å². The lowest BCUT2D eigenvalue weighted by Crippen LogP contribution is -2.36. The van der Waals surface area contributed by atoms with Gasteiger partial charge in [-0.2, -0.15) is 4.68 Å². The highest BCUT2D eigenvalue weighted by molar-refractivity contribution is 8.00. The Balaban J connectivity index is 1.77. The molecule has 1 amide bonds. The quantitative estimate of drug-likeness (QED) is 0.584. The fourth-order valence-corrected chi connectivity index (χ4v) is 3.51. The number of nitrogens with zero attached hydrogens (tertiary/aromatic N) is 5.